The zero-order valence-corrected chi connectivity index (χ0v) is 16.8. The van der Waals surface area contributed by atoms with Crippen molar-refractivity contribution in [1.29, 1.82) is 0 Å². The van der Waals surface area contributed by atoms with Crippen molar-refractivity contribution in [3.63, 3.8) is 0 Å². The first-order valence-electron chi connectivity index (χ1n) is 10.3. The van der Waals surface area contributed by atoms with Gasteiger partial charge >= 0.3 is 0 Å². The molecule has 156 valence electrons. The highest BCUT2D eigenvalue weighted by atomic mass is 16.5. The van der Waals surface area contributed by atoms with Crippen LogP contribution in [0.5, 0.6) is 0 Å². The van der Waals surface area contributed by atoms with Crippen molar-refractivity contribution < 1.29 is 9.53 Å². The highest BCUT2D eigenvalue weighted by Crippen LogP contribution is 2.10. The van der Waals surface area contributed by atoms with Crippen molar-refractivity contribution in [2.45, 2.75) is 25.5 Å². The molecule has 30 heavy (non-hydrogen) atoms. The Morgan fingerprint density at radius 3 is 2.83 bits per heavy atom. The second kappa shape index (κ2) is 9.65. The highest BCUT2D eigenvalue weighted by molar-refractivity contribution is 5.78. The van der Waals surface area contributed by atoms with Gasteiger partial charge in [0.05, 0.1) is 23.6 Å². The monoisotopic (exact) mass is 406 g/mol. The molecular weight excluding hydrogens is 380 g/mol. The average molecular weight is 406 g/mol. The Kier molecular flexibility index (Phi) is 6.51. The first-order chi connectivity index (χ1) is 14.7. The quantitative estimate of drug-likeness (QED) is 0.626. The predicted octanol–water partition coefficient (Wildman–Crippen LogP) is 1.87. The zero-order chi connectivity index (χ0) is 20.8. The minimum absolute atomic E-state index is 0.0231. The largest absolute Gasteiger partial charge is 0.374 e. The number of morpholine rings is 1. The molecule has 1 fully saturated rings. The number of hydrogen-bond donors (Lipinski definition) is 2. The van der Waals surface area contributed by atoms with Crippen LogP contribution in [0.25, 0.3) is 10.9 Å². The SMILES string of the molecule is O=C(CCc1nc2ccccc2c(=O)[nH]1)NCC1CN(Cc2ccccc2)CCO1. The molecule has 1 amide bonds. The fourth-order valence-corrected chi connectivity index (χ4v) is 3.69. The maximum atomic E-state index is 12.3. The van der Waals surface area contributed by atoms with E-state index in [2.05, 4.69) is 32.3 Å². The molecule has 0 bridgehead atoms. The van der Waals surface area contributed by atoms with Crippen molar-refractivity contribution in [1.82, 2.24) is 20.2 Å². The molecule has 1 aliphatic heterocycles. The highest BCUT2D eigenvalue weighted by Gasteiger charge is 2.21. The lowest BCUT2D eigenvalue weighted by Crippen LogP contribution is -2.47. The number of amides is 1. The summed E-state index contributed by atoms with van der Waals surface area (Å²) in [6.07, 6.45) is 0.629. The third-order valence-corrected chi connectivity index (χ3v) is 5.25. The van der Waals surface area contributed by atoms with Gasteiger partial charge in [-0.05, 0) is 17.7 Å². The van der Waals surface area contributed by atoms with Gasteiger partial charge in [-0.25, -0.2) is 4.98 Å². The summed E-state index contributed by atoms with van der Waals surface area (Å²) < 4.78 is 5.81. The van der Waals surface area contributed by atoms with Crippen LogP contribution in [0.1, 0.15) is 17.8 Å². The van der Waals surface area contributed by atoms with Gasteiger partial charge in [0.2, 0.25) is 5.91 Å². The number of hydrogen-bond acceptors (Lipinski definition) is 5. The molecule has 7 heteroatoms. The lowest BCUT2D eigenvalue weighted by Gasteiger charge is -2.33. The van der Waals surface area contributed by atoms with E-state index in [-0.39, 0.29) is 24.0 Å². The number of ether oxygens (including phenoxy) is 1. The van der Waals surface area contributed by atoms with Gasteiger partial charge in [-0.1, -0.05) is 42.5 Å². The summed E-state index contributed by atoms with van der Waals surface area (Å²) in [5.41, 5.74) is 1.75. The van der Waals surface area contributed by atoms with Crippen LogP contribution >= 0.6 is 0 Å². The molecule has 4 rings (SSSR count). The van der Waals surface area contributed by atoms with E-state index in [0.29, 0.717) is 36.3 Å². The summed E-state index contributed by atoms with van der Waals surface area (Å²) in [5.74, 6) is 0.450. The van der Waals surface area contributed by atoms with E-state index in [4.69, 9.17) is 4.74 Å². The smallest absolute Gasteiger partial charge is 0.258 e. The first-order valence-corrected chi connectivity index (χ1v) is 10.3. The third kappa shape index (κ3) is 5.31. The van der Waals surface area contributed by atoms with Crippen molar-refractivity contribution in [3.05, 3.63) is 76.3 Å². The molecule has 1 aliphatic rings. The van der Waals surface area contributed by atoms with E-state index >= 15 is 0 Å². The number of rotatable bonds is 7. The van der Waals surface area contributed by atoms with E-state index in [1.807, 2.05) is 24.3 Å². The summed E-state index contributed by atoms with van der Waals surface area (Å²) in [5, 5.41) is 3.50. The van der Waals surface area contributed by atoms with Crippen LogP contribution in [-0.4, -0.2) is 53.1 Å². The number of benzene rings is 2. The molecule has 0 aliphatic carbocycles. The standard InChI is InChI=1S/C23H26N4O3/c28-22(11-10-21-25-20-9-5-4-8-19(20)23(29)26-21)24-14-18-16-27(12-13-30-18)15-17-6-2-1-3-7-17/h1-9,18H,10-16H2,(H,24,28)(H,25,26,29). The van der Waals surface area contributed by atoms with Gasteiger partial charge in [0, 0.05) is 39.0 Å². The first kappa shape index (κ1) is 20.3. The fraction of sp³-hybridized carbons (Fsp3) is 0.348. The molecule has 3 aromatic rings. The minimum atomic E-state index is -0.176. The normalized spacial score (nSPS) is 17.1. The predicted molar refractivity (Wildman–Crippen MR) is 115 cm³/mol. The Hall–Kier alpha value is -3.03. The molecule has 1 atom stereocenters. The number of aryl methyl sites for hydroxylation is 1. The number of nitrogens with one attached hydrogen (secondary N) is 2. The van der Waals surface area contributed by atoms with Gasteiger partial charge in [-0.3, -0.25) is 14.5 Å². The van der Waals surface area contributed by atoms with Gasteiger partial charge in [-0.2, -0.15) is 0 Å². The summed E-state index contributed by atoms with van der Waals surface area (Å²) in [6, 6.07) is 17.5. The van der Waals surface area contributed by atoms with Crippen molar-refractivity contribution >= 4 is 16.8 Å². The molecule has 2 N–H and O–H groups in total. The van der Waals surface area contributed by atoms with Crippen molar-refractivity contribution in [2.75, 3.05) is 26.2 Å². The minimum Gasteiger partial charge on any atom is -0.374 e. The Labute approximate surface area is 175 Å². The molecule has 1 saturated heterocycles. The number of aromatic nitrogens is 2. The van der Waals surface area contributed by atoms with Gasteiger partial charge < -0.3 is 15.0 Å². The van der Waals surface area contributed by atoms with Crippen LogP contribution in [0, 0.1) is 0 Å². The summed E-state index contributed by atoms with van der Waals surface area (Å²) in [4.78, 5) is 34.0. The molecular formula is C23H26N4O3. The summed E-state index contributed by atoms with van der Waals surface area (Å²) in [6.45, 7) is 3.70. The van der Waals surface area contributed by atoms with Crippen molar-refractivity contribution in [2.24, 2.45) is 0 Å². The van der Waals surface area contributed by atoms with E-state index < -0.39 is 0 Å². The molecule has 7 nitrogen and oxygen atoms in total. The van der Waals surface area contributed by atoms with E-state index in [9.17, 15) is 9.59 Å². The van der Waals surface area contributed by atoms with E-state index in [1.165, 1.54) is 5.56 Å². The van der Waals surface area contributed by atoms with E-state index in [0.717, 1.165) is 19.6 Å². The number of H-pyrrole nitrogens is 1. The third-order valence-electron chi connectivity index (χ3n) is 5.25. The van der Waals surface area contributed by atoms with Crippen LogP contribution in [0.3, 0.4) is 0 Å². The number of nitrogens with zero attached hydrogens (tertiary/aromatic N) is 2. The van der Waals surface area contributed by atoms with Crippen LogP contribution in [0.2, 0.25) is 0 Å². The molecule has 2 heterocycles. The molecule has 0 radical (unpaired) electrons. The van der Waals surface area contributed by atoms with Gasteiger partial charge in [0.15, 0.2) is 0 Å². The van der Waals surface area contributed by atoms with Crippen LogP contribution < -0.4 is 10.9 Å². The van der Waals surface area contributed by atoms with Crippen LogP contribution in [0.15, 0.2) is 59.4 Å². The molecule has 2 aromatic carbocycles. The summed E-state index contributed by atoms with van der Waals surface area (Å²) in [7, 11) is 0. The van der Waals surface area contributed by atoms with Crippen molar-refractivity contribution in [3.8, 4) is 0 Å². The Balaban J connectivity index is 1.24. The topological polar surface area (TPSA) is 87.3 Å². The van der Waals surface area contributed by atoms with Crippen LogP contribution in [0.4, 0.5) is 0 Å². The lowest BCUT2D eigenvalue weighted by molar-refractivity contribution is -0.122. The Bertz CT molecular complexity index is 1050. The summed E-state index contributed by atoms with van der Waals surface area (Å²) >= 11 is 0. The van der Waals surface area contributed by atoms with Gasteiger partial charge in [-0.15, -0.1) is 0 Å². The van der Waals surface area contributed by atoms with E-state index in [1.54, 1.807) is 18.2 Å². The van der Waals surface area contributed by atoms with Gasteiger partial charge in [0.1, 0.15) is 5.82 Å². The second-order valence-corrected chi connectivity index (χ2v) is 7.55. The van der Waals surface area contributed by atoms with Gasteiger partial charge in [0.25, 0.3) is 5.56 Å². The Morgan fingerprint density at radius 2 is 1.97 bits per heavy atom. The Morgan fingerprint density at radius 1 is 1.17 bits per heavy atom. The van der Waals surface area contributed by atoms with Crippen LogP contribution in [-0.2, 0) is 22.5 Å². The maximum Gasteiger partial charge on any atom is 0.258 e. The lowest BCUT2D eigenvalue weighted by atomic mass is 10.2. The molecule has 0 saturated carbocycles. The number of aromatic amines is 1. The average Bonchev–Trinajstić information content (AvgIpc) is 2.77. The fourth-order valence-electron chi connectivity index (χ4n) is 3.69. The number of carbonyl (C=O) groups excluding carboxylic acids is 1. The number of para-hydroxylation sites is 1. The number of carbonyl (C=O) groups is 1. The zero-order valence-electron chi connectivity index (χ0n) is 16.8. The second-order valence-electron chi connectivity index (χ2n) is 7.55. The molecule has 1 unspecified atom stereocenters. The number of fused-ring (bicyclic) bond motifs is 1. The molecule has 0 spiro atoms. The molecule has 1 aromatic heterocycles. The maximum absolute atomic E-state index is 12.3.